The zero-order valence-corrected chi connectivity index (χ0v) is 14.5. The van der Waals surface area contributed by atoms with Gasteiger partial charge in [0.2, 0.25) is 6.79 Å². The second-order valence-electron chi connectivity index (χ2n) is 6.04. The van der Waals surface area contributed by atoms with E-state index in [9.17, 15) is 9.59 Å². The van der Waals surface area contributed by atoms with Crippen LogP contribution in [0.4, 0.5) is 5.69 Å². The van der Waals surface area contributed by atoms with E-state index in [1.165, 1.54) is 11.8 Å². The number of hydrogen-bond donors (Lipinski definition) is 2. The molecule has 1 aliphatic rings. The molecule has 0 atom stereocenters. The predicted molar refractivity (Wildman–Crippen MR) is 97.5 cm³/mol. The van der Waals surface area contributed by atoms with Gasteiger partial charge in [0.25, 0.3) is 0 Å². The third-order valence-corrected chi connectivity index (χ3v) is 3.82. The van der Waals surface area contributed by atoms with Gasteiger partial charge in [0.15, 0.2) is 11.5 Å². The van der Waals surface area contributed by atoms with Crippen molar-refractivity contribution in [2.75, 3.05) is 12.1 Å². The van der Waals surface area contributed by atoms with Crippen LogP contribution in [-0.4, -0.2) is 24.8 Å². The van der Waals surface area contributed by atoms with E-state index < -0.39 is 11.8 Å². The molecule has 2 aromatic carbocycles. The van der Waals surface area contributed by atoms with E-state index in [-0.39, 0.29) is 6.79 Å². The predicted octanol–water partition coefficient (Wildman–Crippen LogP) is 2.63. The molecule has 2 N–H and O–H groups in total. The number of fused-ring (bicyclic) bond motifs is 1. The van der Waals surface area contributed by atoms with E-state index >= 15 is 0 Å². The molecule has 134 valence electrons. The third kappa shape index (κ3) is 4.18. The van der Waals surface area contributed by atoms with Crippen LogP contribution in [0.2, 0.25) is 0 Å². The molecule has 0 unspecified atom stereocenters. The smallest absolute Gasteiger partial charge is 0.329 e. The highest BCUT2D eigenvalue weighted by Crippen LogP contribution is 2.34. The van der Waals surface area contributed by atoms with Gasteiger partial charge in [-0.25, -0.2) is 5.43 Å². The summed E-state index contributed by atoms with van der Waals surface area (Å²) in [6.45, 7) is 4.37. The molecule has 26 heavy (non-hydrogen) atoms. The topological polar surface area (TPSA) is 89.0 Å². The first-order valence-electron chi connectivity index (χ1n) is 8.17. The molecular formula is C19H19N3O4. The number of nitrogens with one attached hydrogen (secondary N) is 2. The highest BCUT2D eigenvalue weighted by atomic mass is 16.7. The molecule has 1 heterocycles. The average Bonchev–Trinajstić information content (AvgIpc) is 3.09. The first kappa shape index (κ1) is 17.5. The number of nitrogens with zero attached hydrogens (tertiary/aromatic N) is 1. The van der Waals surface area contributed by atoms with Crippen molar-refractivity contribution in [3.63, 3.8) is 0 Å². The summed E-state index contributed by atoms with van der Waals surface area (Å²) in [7, 11) is 0. The fraction of sp³-hybridized carbons (Fsp3) is 0.211. The number of anilines is 1. The summed E-state index contributed by atoms with van der Waals surface area (Å²) in [5.74, 6) is -0.124. The lowest BCUT2D eigenvalue weighted by molar-refractivity contribution is -0.136. The molecule has 7 nitrogen and oxygen atoms in total. The maximum absolute atomic E-state index is 11.9. The number of carbonyl (C=O) groups excluding carboxylic acids is 2. The fourth-order valence-electron chi connectivity index (χ4n) is 2.35. The average molecular weight is 353 g/mol. The van der Waals surface area contributed by atoms with Gasteiger partial charge in [-0.3, -0.25) is 9.59 Å². The first-order chi connectivity index (χ1) is 12.5. The normalized spacial score (nSPS) is 12.4. The van der Waals surface area contributed by atoms with E-state index in [0.717, 1.165) is 5.56 Å². The van der Waals surface area contributed by atoms with Crippen molar-refractivity contribution in [2.24, 2.45) is 5.10 Å². The largest absolute Gasteiger partial charge is 0.454 e. The van der Waals surface area contributed by atoms with Crippen LogP contribution in [0.15, 0.2) is 47.6 Å². The molecule has 0 aromatic heterocycles. The van der Waals surface area contributed by atoms with Crippen LogP contribution < -0.4 is 20.2 Å². The molecule has 0 bridgehead atoms. The van der Waals surface area contributed by atoms with Crippen LogP contribution in [-0.2, 0) is 9.59 Å². The Hall–Kier alpha value is -3.35. The first-order valence-corrected chi connectivity index (χ1v) is 8.17. The van der Waals surface area contributed by atoms with Gasteiger partial charge in [0, 0.05) is 11.8 Å². The Morgan fingerprint density at radius 3 is 2.50 bits per heavy atom. The molecule has 0 fully saturated rings. The van der Waals surface area contributed by atoms with Crippen molar-refractivity contribution in [2.45, 2.75) is 19.8 Å². The summed E-state index contributed by atoms with van der Waals surface area (Å²) in [6.07, 6.45) is 1.48. The van der Waals surface area contributed by atoms with Crippen molar-refractivity contribution < 1.29 is 19.1 Å². The summed E-state index contributed by atoms with van der Waals surface area (Å²) in [6, 6.07) is 12.7. The van der Waals surface area contributed by atoms with Crippen molar-refractivity contribution >= 4 is 23.7 Å². The standard InChI is InChI=1S/C19H19N3O4/c1-12(2)14-5-3-13(4-6-14)10-20-22-19(24)18(23)21-15-7-8-16-17(9-15)26-11-25-16/h3-10,12H,11H2,1-2H3,(H,21,23)(H,22,24)/b20-10+. The molecule has 0 spiro atoms. The Morgan fingerprint density at radius 1 is 1.04 bits per heavy atom. The second kappa shape index (κ2) is 7.69. The van der Waals surface area contributed by atoms with E-state index in [4.69, 9.17) is 9.47 Å². The van der Waals surface area contributed by atoms with Gasteiger partial charge in [-0.1, -0.05) is 38.1 Å². The van der Waals surface area contributed by atoms with Gasteiger partial charge < -0.3 is 14.8 Å². The lowest BCUT2D eigenvalue weighted by atomic mass is 10.0. The number of carbonyl (C=O) groups is 2. The van der Waals surface area contributed by atoms with Gasteiger partial charge in [0.05, 0.1) is 6.21 Å². The van der Waals surface area contributed by atoms with Gasteiger partial charge in [0.1, 0.15) is 0 Å². The van der Waals surface area contributed by atoms with Crippen LogP contribution in [0.1, 0.15) is 30.9 Å². The second-order valence-corrected chi connectivity index (χ2v) is 6.04. The maximum Gasteiger partial charge on any atom is 0.329 e. The fourth-order valence-corrected chi connectivity index (χ4v) is 2.35. The molecule has 2 amide bonds. The van der Waals surface area contributed by atoms with Crippen LogP contribution >= 0.6 is 0 Å². The van der Waals surface area contributed by atoms with E-state index in [0.29, 0.717) is 23.1 Å². The summed E-state index contributed by atoms with van der Waals surface area (Å²) in [5, 5.41) is 6.29. The minimum atomic E-state index is -0.863. The van der Waals surface area contributed by atoms with Crippen molar-refractivity contribution in [1.29, 1.82) is 0 Å². The van der Waals surface area contributed by atoms with Crippen LogP contribution in [0.25, 0.3) is 0 Å². The minimum Gasteiger partial charge on any atom is -0.454 e. The van der Waals surface area contributed by atoms with E-state index in [1.807, 2.05) is 24.3 Å². The zero-order chi connectivity index (χ0) is 18.5. The summed E-state index contributed by atoms with van der Waals surface area (Å²) in [5.41, 5.74) is 4.68. The highest BCUT2D eigenvalue weighted by Gasteiger charge is 2.17. The quantitative estimate of drug-likeness (QED) is 0.502. The summed E-state index contributed by atoms with van der Waals surface area (Å²) in [4.78, 5) is 23.7. The van der Waals surface area contributed by atoms with Crippen LogP contribution in [0.5, 0.6) is 11.5 Å². The Morgan fingerprint density at radius 2 is 1.77 bits per heavy atom. The van der Waals surface area contributed by atoms with Crippen LogP contribution in [0.3, 0.4) is 0 Å². The summed E-state index contributed by atoms with van der Waals surface area (Å²) < 4.78 is 10.4. The molecular weight excluding hydrogens is 334 g/mol. The molecule has 0 saturated carbocycles. The van der Waals surface area contributed by atoms with Gasteiger partial charge in [-0.15, -0.1) is 0 Å². The Kier molecular flexibility index (Phi) is 5.17. The van der Waals surface area contributed by atoms with Gasteiger partial charge in [-0.2, -0.15) is 5.10 Å². The summed E-state index contributed by atoms with van der Waals surface area (Å²) >= 11 is 0. The SMILES string of the molecule is CC(C)c1ccc(/C=N/NC(=O)C(=O)Nc2ccc3c(c2)OCO3)cc1. The number of hydrogen-bond acceptors (Lipinski definition) is 5. The van der Waals surface area contributed by atoms with Crippen molar-refractivity contribution in [3.05, 3.63) is 53.6 Å². The number of benzene rings is 2. The van der Waals surface area contributed by atoms with Crippen LogP contribution in [0, 0.1) is 0 Å². The monoisotopic (exact) mass is 353 g/mol. The van der Waals surface area contributed by atoms with Gasteiger partial charge in [-0.05, 0) is 29.2 Å². The molecule has 2 aromatic rings. The van der Waals surface area contributed by atoms with E-state index in [1.54, 1.807) is 18.2 Å². The van der Waals surface area contributed by atoms with Crippen molar-refractivity contribution in [3.8, 4) is 11.5 Å². The lowest BCUT2D eigenvalue weighted by Gasteiger charge is -2.05. The number of hydrazone groups is 1. The molecule has 0 radical (unpaired) electrons. The Labute approximate surface area is 151 Å². The molecule has 0 aliphatic carbocycles. The number of rotatable bonds is 4. The Bertz CT molecular complexity index is 844. The molecule has 1 aliphatic heterocycles. The Balaban J connectivity index is 1.53. The zero-order valence-electron chi connectivity index (χ0n) is 14.5. The lowest BCUT2D eigenvalue weighted by Crippen LogP contribution is -2.32. The molecule has 3 rings (SSSR count). The molecule has 0 saturated heterocycles. The van der Waals surface area contributed by atoms with Gasteiger partial charge >= 0.3 is 11.8 Å². The van der Waals surface area contributed by atoms with Crippen molar-refractivity contribution in [1.82, 2.24) is 5.43 Å². The minimum absolute atomic E-state index is 0.139. The van der Waals surface area contributed by atoms with E-state index in [2.05, 4.69) is 29.7 Å². The maximum atomic E-state index is 11.9. The number of ether oxygens (including phenoxy) is 2. The third-order valence-electron chi connectivity index (χ3n) is 3.82. The highest BCUT2D eigenvalue weighted by molar-refractivity contribution is 6.39. The number of amides is 2. The molecule has 7 heteroatoms.